The summed E-state index contributed by atoms with van der Waals surface area (Å²) in [6.45, 7) is -0.114. The molecule has 160 valence electrons. The first-order valence-corrected chi connectivity index (χ1v) is 10.1. The van der Waals surface area contributed by atoms with Gasteiger partial charge >= 0.3 is 5.97 Å². The number of fused-ring (bicyclic) bond motifs is 2. The van der Waals surface area contributed by atoms with Gasteiger partial charge in [-0.2, -0.15) is 0 Å². The third-order valence-corrected chi connectivity index (χ3v) is 5.37. The number of ether oxygens (including phenoxy) is 1. The largest absolute Gasteiger partial charge is 0.454 e. The molecule has 0 saturated heterocycles. The normalized spacial score (nSPS) is 13.9. The smallest absolute Gasteiger partial charge is 0.338 e. The van der Waals surface area contributed by atoms with Gasteiger partial charge in [0, 0.05) is 13.0 Å². The van der Waals surface area contributed by atoms with E-state index in [9.17, 15) is 23.2 Å². The topological polar surface area (TPSA) is 78.3 Å². The van der Waals surface area contributed by atoms with Crippen LogP contribution in [0.1, 0.15) is 52.2 Å². The van der Waals surface area contributed by atoms with Crippen LogP contribution < -0.4 is 5.56 Å². The highest BCUT2D eigenvalue weighted by Gasteiger charge is 2.18. The summed E-state index contributed by atoms with van der Waals surface area (Å²) in [7, 11) is 0. The predicted molar refractivity (Wildman–Crippen MR) is 109 cm³/mol. The van der Waals surface area contributed by atoms with Crippen LogP contribution in [0.5, 0.6) is 0 Å². The molecule has 4 rings (SSSR count). The highest BCUT2D eigenvalue weighted by atomic mass is 19.1. The molecule has 0 amide bonds. The number of aryl methyl sites for hydroxylation is 1. The van der Waals surface area contributed by atoms with Crippen LogP contribution in [0.2, 0.25) is 0 Å². The summed E-state index contributed by atoms with van der Waals surface area (Å²) in [6.07, 6.45) is 4.71. The molecule has 0 aliphatic carbocycles. The van der Waals surface area contributed by atoms with Crippen LogP contribution in [0.3, 0.4) is 0 Å². The van der Waals surface area contributed by atoms with Crippen molar-refractivity contribution in [2.75, 3.05) is 6.61 Å². The fourth-order valence-electron chi connectivity index (χ4n) is 3.73. The number of nitrogens with zero attached hydrogens (tertiary/aromatic N) is 2. The van der Waals surface area contributed by atoms with Crippen LogP contribution >= 0.6 is 0 Å². The minimum Gasteiger partial charge on any atom is -0.454 e. The fourth-order valence-corrected chi connectivity index (χ4v) is 3.73. The molecule has 0 bridgehead atoms. The monoisotopic (exact) mass is 426 g/mol. The Morgan fingerprint density at radius 2 is 1.84 bits per heavy atom. The second kappa shape index (κ2) is 8.75. The lowest BCUT2D eigenvalue weighted by Gasteiger charge is -2.16. The standard InChI is InChI=1S/C23H20F2N2O4/c24-15-7-9-18(25)17(12-15)20(28)13-31-23(30)14-6-8-16-19(11-14)26-21-5-3-1-2-4-10-27(21)22(16)29/h6-9,11-12H,1-5,10,13H2. The summed E-state index contributed by atoms with van der Waals surface area (Å²) in [5.74, 6) is -2.64. The van der Waals surface area contributed by atoms with Gasteiger partial charge in [-0.15, -0.1) is 0 Å². The Balaban J connectivity index is 1.55. The van der Waals surface area contributed by atoms with Gasteiger partial charge in [-0.3, -0.25) is 14.2 Å². The lowest BCUT2D eigenvalue weighted by Crippen LogP contribution is -2.26. The number of carbonyl (C=O) groups is 2. The first-order valence-electron chi connectivity index (χ1n) is 10.1. The predicted octanol–water partition coefficient (Wildman–Crippen LogP) is 3.83. The number of rotatable bonds is 4. The summed E-state index contributed by atoms with van der Waals surface area (Å²) < 4.78 is 33.6. The molecular weight excluding hydrogens is 406 g/mol. The molecule has 2 heterocycles. The van der Waals surface area contributed by atoms with E-state index in [0.29, 0.717) is 29.7 Å². The van der Waals surface area contributed by atoms with E-state index >= 15 is 0 Å². The number of halogens is 2. The zero-order chi connectivity index (χ0) is 22.0. The first-order chi connectivity index (χ1) is 14.9. The molecule has 0 radical (unpaired) electrons. The van der Waals surface area contributed by atoms with Gasteiger partial charge in [-0.1, -0.05) is 12.8 Å². The Morgan fingerprint density at radius 3 is 2.68 bits per heavy atom. The van der Waals surface area contributed by atoms with Crippen molar-refractivity contribution in [3.05, 3.63) is 75.3 Å². The van der Waals surface area contributed by atoms with Gasteiger partial charge in [0.1, 0.15) is 17.5 Å². The molecule has 3 aromatic rings. The summed E-state index contributed by atoms with van der Waals surface area (Å²) in [5.41, 5.74) is -0.130. The van der Waals surface area contributed by atoms with Crippen LogP contribution in [0.4, 0.5) is 8.78 Å². The van der Waals surface area contributed by atoms with Crippen LogP contribution in [0.15, 0.2) is 41.2 Å². The van der Waals surface area contributed by atoms with Crippen LogP contribution in [0.25, 0.3) is 10.9 Å². The number of carbonyl (C=O) groups excluding carboxylic acids is 2. The van der Waals surface area contributed by atoms with Gasteiger partial charge in [0.2, 0.25) is 5.78 Å². The van der Waals surface area contributed by atoms with Gasteiger partial charge < -0.3 is 4.74 Å². The summed E-state index contributed by atoms with van der Waals surface area (Å²) in [5, 5.41) is 0.402. The van der Waals surface area contributed by atoms with Gasteiger partial charge in [0.15, 0.2) is 6.61 Å². The molecule has 0 fully saturated rings. The van der Waals surface area contributed by atoms with Crippen molar-refractivity contribution in [2.24, 2.45) is 0 Å². The zero-order valence-electron chi connectivity index (χ0n) is 16.7. The van der Waals surface area contributed by atoms with E-state index in [4.69, 9.17) is 4.74 Å². The highest BCUT2D eigenvalue weighted by molar-refractivity contribution is 6.00. The minimum atomic E-state index is -0.894. The maximum Gasteiger partial charge on any atom is 0.338 e. The third-order valence-electron chi connectivity index (χ3n) is 5.37. The number of esters is 1. The molecule has 6 nitrogen and oxygen atoms in total. The molecule has 0 unspecified atom stereocenters. The van der Waals surface area contributed by atoms with E-state index in [0.717, 1.165) is 43.9 Å². The number of hydrogen-bond acceptors (Lipinski definition) is 5. The molecule has 0 atom stereocenters. The number of Topliss-reactive ketones (excluding diaryl/α,β-unsaturated/α-hetero) is 1. The van der Waals surface area contributed by atoms with Crippen molar-refractivity contribution in [3.8, 4) is 0 Å². The van der Waals surface area contributed by atoms with E-state index in [2.05, 4.69) is 4.98 Å². The molecule has 1 aliphatic heterocycles. The summed E-state index contributed by atoms with van der Waals surface area (Å²) >= 11 is 0. The zero-order valence-corrected chi connectivity index (χ0v) is 16.7. The van der Waals surface area contributed by atoms with Crippen molar-refractivity contribution in [1.29, 1.82) is 0 Å². The first kappa shape index (κ1) is 20.8. The van der Waals surface area contributed by atoms with E-state index in [-0.39, 0.29) is 11.1 Å². The quantitative estimate of drug-likeness (QED) is 0.468. The Morgan fingerprint density at radius 1 is 1.03 bits per heavy atom. The van der Waals surface area contributed by atoms with E-state index in [1.165, 1.54) is 18.2 Å². The van der Waals surface area contributed by atoms with Gasteiger partial charge in [-0.05, 0) is 49.2 Å². The Hall–Kier alpha value is -3.42. The molecule has 8 heteroatoms. The summed E-state index contributed by atoms with van der Waals surface area (Å²) in [6, 6.07) is 6.88. The molecule has 31 heavy (non-hydrogen) atoms. The minimum absolute atomic E-state index is 0.114. The molecule has 0 saturated carbocycles. The maximum atomic E-state index is 13.7. The molecule has 1 aliphatic rings. The summed E-state index contributed by atoms with van der Waals surface area (Å²) in [4.78, 5) is 41.9. The lowest BCUT2D eigenvalue weighted by molar-refractivity contribution is 0.0473. The van der Waals surface area contributed by atoms with Gasteiger partial charge in [-0.25, -0.2) is 18.6 Å². The molecule has 0 spiro atoms. The Kier molecular flexibility index (Phi) is 5.88. The van der Waals surface area contributed by atoms with Gasteiger partial charge in [0.25, 0.3) is 5.56 Å². The SMILES string of the molecule is O=C(OCC(=O)c1cc(F)ccc1F)c1ccc2c(=O)n3c(nc2c1)CCCCCC3. The number of aromatic nitrogens is 2. The third kappa shape index (κ3) is 4.38. The average molecular weight is 426 g/mol. The Labute approximate surface area is 176 Å². The van der Waals surface area contributed by atoms with Crippen molar-refractivity contribution in [2.45, 2.75) is 38.6 Å². The van der Waals surface area contributed by atoms with Crippen molar-refractivity contribution >= 4 is 22.7 Å². The van der Waals surface area contributed by atoms with Crippen LogP contribution in [-0.4, -0.2) is 27.9 Å². The number of benzene rings is 2. The molecule has 0 N–H and O–H groups in total. The fraction of sp³-hybridized carbons (Fsp3) is 0.304. The molecule has 1 aromatic heterocycles. The molecule has 2 aromatic carbocycles. The Bertz CT molecular complexity index is 1240. The van der Waals surface area contributed by atoms with Crippen molar-refractivity contribution in [3.63, 3.8) is 0 Å². The molecular formula is C23H20F2N2O4. The van der Waals surface area contributed by atoms with E-state index in [1.807, 2.05) is 0 Å². The van der Waals surface area contributed by atoms with E-state index in [1.54, 1.807) is 4.57 Å². The van der Waals surface area contributed by atoms with Crippen LogP contribution in [-0.2, 0) is 17.7 Å². The van der Waals surface area contributed by atoms with Gasteiger partial charge in [0.05, 0.1) is 22.0 Å². The van der Waals surface area contributed by atoms with Crippen molar-refractivity contribution in [1.82, 2.24) is 9.55 Å². The second-order valence-electron chi connectivity index (χ2n) is 7.50. The van der Waals surface area contributed by atoms with Crippen molar-refractivity contribution < 1.29 is 23.1 Å². The van der Waals surface area contributed by atoms with Crippen LogP contribution in [0, 0.1) is 11.6 Å². The maximum absolute atomic E-state index is 13.7. The second-order valence-corrected chi connectivity index (χ2v) is 7.50. The number of ketones is 1. The van der Waals surface area contributed by atoms with E-state index < -0.39 is 35.6 Å². The average Bonchev–Trinajstić information content (AvgIpc) is 2.74. The lowest BCUT2D eigenvalue weighted by atomic mass is 10.1. The number of hydrogen-bond donors (Lipinski definition) is 0. The highest BCUT2D eigenvalue weighted by Crippen LogP contribution is 2.17.